The lowest BCUT2D eigenvalue weighted by molar-refractivity contribution is -0.120. The van der Waals surface area contributed by atoms with Crippen molar-refractivity contribution < 1.29 is 28.2 Å². The minimum absolute atomic E-state index is 0.274. The summed E-state index contributed by atoms with van der Waals surface area (Å²) < 4.78 is 28.9. The fourth-order valence-corrected chi connectivity index (χ4v) is 3.83. The van der Waals surface area contributed by atoms with Crippen molar-refractivity contribution >= 4 is 28.6 Å². The minimum atomic E-state index is -0.394. The number of carbonyl (C=O) groups is 1. The van der Waals surface area contributed by atoms with Gasteiger partial charge in [-0.15, -0.1) is 11.3 Å². The summed E-state index contributed by atoms with van der Waals surface area (Å²) >= 11 is 1.50. The van der Waals surface area contributed by atoms with Crippen molar-refractivity contribution in [2.24, 2.45) is 5.16 Å². The van der Waals surface area contributed by atoms with Gasteiger partial charge in [0.05, 0.1) is 31.9 Å². The third-order valence-corrected chi connectivity index (χ3v) is 5.68. The number of benzene rings is 2. The molecule has 0 saturated heterocycles. The first-order valence-corrected chi connectivity index (χ1v) is 10.4. The number of rotatable bonds is 9. The predicted octanol–water partition coefficient (Wildman–Crippen LogP) is 4.96. The molecule has 0 radical (unpaired) electrons. The van der Waals surface area contributed by atoms with Gasteiger partial charge in [0.15, 0.2) is 18.1 Å². The molecule has 0 fully saturated rings. The Morgan fingerprint density at radius 3 is 2.25 bits per heavy atom. The van der Waals surface area contributed by atoms with Crippen LogP contribution in [0, 0.1) is 5.82 Å². The van der Waals surface area contributed by atoms with Gasteiger partial charge in [0.1, 0.15) is 5.82 Å². The van der Waals surface area contributed by atoms with Crippen LogP contribution in [0.4, 0.5) is 10.1 Å². The van der Waals surface area contributed by atoms with Gasteiger partial charge in [-0.25, -0.2) is 4.39 Å². The molecule has 0 aliphatic carbocycles. The molecule has 1 N–H and O–H groups in total. The fraction of sp³-hybridized carbons (Fsp3) is 0.217. The number of nitrogens with zero attached hydrogens (tertiary/aromatic N) is 1. The highest BCUT2D eigenvalue weighted by atomic mass is 32.1. The second-order valence-corrected chi connectivity index (χ2v) is 7.67. The zero-order chi connectivity index (χ0) is 23.1. The molecule has 1 aromatic heterocycles. The van der Waals surface area contributed by atoms with Crippen molar-refractivity contribution in [2.75, 3.05) is 33.3 Å². The van der Waals surface area contributed by atoms with Crippen molar-refractivity contribution in [3.63, 3.8) is 0 Å². The van der Waals surface area contributed by atoms with E-state index in [9.17, 15) is 9.18 Å². The highest BCUT2D eigenvalue weighted by Crippen LogP contribution is 2.39. The Balaban J connectivity index is 1.60. The Kier molecular flexibility index (Phi) is 7.67. The van der Waals surface area contributed by atoms with E-state index in [0.29, 0.717) is 28.6 Å². The summed E-state index contributed by atoms with van der Waals surface area (Å²) in [6.45, 7) is 1.52. The molecule has 0 saturated carbocycles. The standard InChI is InChI=1S/C23H23FN2O5S/c1-14(20-9-10-21(32-20)15-5-7-16(24)8-6-15)26-31-13-22(27)25-17-11-18(28-2)23(30-4)19(12-17)29-3/h5-12H,13H2,1-4H3,(H,25,27)/b26-14-. The number of nitrogens with one attached hydrogen (secondary N) is 1. The Bertz CT molecular complexity index is 1090. The molecular weight excluding hydrogens is 435 g/mol. The second-order valence-electron chi connectivity index (χ2n) is 6.58. The van der Waals surface area contributed by atoms with Crippen molar-refractivity contribution in [1.82, 2.24) is 0 Å². The number of thiophene rings is 1. The average Bonchev–Trinajstić information content (AvgIpc) is 3.29. The van der Waals surface area contributed by atoms with Gasteiger partial charge in [-0.05, 0) is 36.8 Å². The zero-order valence-corrected chi connectivity index (χ0v) is 18.9. The third-order valence-electron chi connectivity index (χ3n) is 4.44. The average molecular weight is 459 g/mol. The zero-order valence-electron chi connectivity index (χ0n) is 18.1. The largest absolute Gasteiger partial charge is 0.493 e. The number of amides is 1. The van der Waals surface area contributed by atoms with Crippen LogP contribution in [-0.4, -0.2) is 39.6 Å². The first-order valence-electron chi connectivity index (χ1n) is 9.57. The molecule has 168 valence electrons. The van der Waals surface area contributed by atoms with E-state index in [1.54, 1.807) is 31.2 Å². The maximum Gasteiger partial charge on any atom is 0.265 e. The predicted molar refractivity (Wildman–Crippen MR) is 123 cm³/mol. The minimum Gasteiger partial charge on any atom is -0.493 e. The Hall–Kier alpha value is -3.59. The second kappa shape index (κ2) is 10.6. The quantitative estimate of drug-likeness (QED) is 0.362. The van der Waals surface area contributed by atoms with Crippen LogP contribution in [0.3, 0.4) is 0 Å². The van der Waals surface area contributed by atoms with Crippen LogP contribution in [0.25, 0.3) is 10.4 Å². The molecule has 0 aliphatic heterocycles. The van der Waals surface area contributed by atoms with E-state index in [1.807, 2.05) is 12.1 Å². The monoisotopic (exact) mass is 458 g/mol. The van der Waals surface area contributed by atoms with Crippen molar-refractivity contribution in [1.29, 1.82) is 0 Å². The molecular formula is C23H23FN2O5S. The van der Waals surface area contributed by atoms with Gasteiger partial charge in [0.2, 0.25) is 5.75 Å². The summed E-state index contributed by atoms with van der Waals surface area (Å²) in [5, 5.41) is 6.74. The van der Waals surface area contributed by atoms with Crippen LogP contribution in [0.5, 0.6) is 17.2 Å². The van der Waals surface area contributed by atoms with Crippen LogP contribution < -0.4 is 19.5 Å². The lowest BCUT2D eigenvalue weighted by Crippen LogP contribution is -2.17. The van der Waals surface area contributed by atoms with Gasteiger partial charge in [-0.3, -0.25) is 4.79 Å². The first kappa shape index (κ1) is 23.1. The number of carbonyl (C=O) groups excluding carboxylic acids is 1. The number of anilines is 1. The lowest BCUT2D eigenvalue weighted by atomic mass is 10.2. The molecule has 0 atom stereocenters. The fourth-order valence-electron chi connectivity index (χ4n) is 2.88. The van der Waals surface area contributed by atoms with E-state index in [-0.39, 0.29) is 12.4 Å². The van der Waals surface area contributed by atoms with E-state index in [0.717, 1.165) is 15.3 Å². The number of hydrogen-bond acceptors (Lipinski definition) is 7. The van der Waals surface area contributed by atoms with Crippen LogP contribution in [-0.2, 0) is 9.63 Å². The highest BCUT2D eigenvalue weighted by Gasteiger charge is 2.15. The van der Waals surface area contributed by atoms with Crippen LogP contribution in [0.2, 0.25) is 0 Å². The van der Waals surface area contributed by atoms with Crippen LogP contribution in [0.15, 0.2) is 53.7 Å². The molecule has 32 heavy (non-hydrogen) atoms. The molecule has 0 bridgehead atoms. The number of ether oxygens (including phenoxy) is 3. The summed E-state index contributed by atoms with van der Waals surface area (Å²) in [6.07, 6.45) is 0. The van der Waals surface area contributed by atoms with Crippen LogP contribution in [0.1, 0.15) is 11.8 Å². The Morgan fingerprint density at radius 1 is 1.00 bits per heavy atom. The topological polar surface area (TPSA) is 78.4 Å². The lowest BCUT2D eigenvalue weighted by Gasteiger charge is -2.14. The summed E-state index contributed by atoms with van der Waals surface area (Å²) in [6, 6.07) is 13.4. The summed E-state index contributed by atoms with van der Waals surface area (Å²) in [4.78, 5) is 19.3. The summed E-state index contributed by atoms with van der Waals surface area (Å²) in [7, 11) is 4.49. The molecule has 1 amide bonds. The molecule has 1 heterocycles. The Labute approximate surface area is 189 Å². The van der Waals surface area contributed by atoms with Crippen LogP contribution >= 0.6 is 11.3 Å². The number of halogens is 1. The highest BCUT2D eigenvalue weighted by molar-refractivity contribution is 7.17. The maximum absolute atomic E-state index is 13.1. The van der Waals surface area contributed by atoms with E-state index < -0.39 is 5.91 Å². The number of methoxy groups -OCH3 is 3. The smallest absolute Gasteiger partial charge is 0.265 e. The van der Waals surface area contributed by atoms with Gasteiger partial charge in [-0.2, -0.15) is 0 Å². The van der Waals surface area contributed by atoms with Gasteiger partial charge < -0.3 is 24.4 Å². The maximum atomic E-state index is 13.1. The summed E-state index contributed by atoms with van der Waals surface area (Å²) in [5.74, 6) is 0.606. The van der Waals surface area contributed by atoms with E-state index in [2.05, 4.69) is 10.5 Å². The first-order chi connectivity index (χ1) is 15.4. The van der Waals surface area contributed by atoms with Crippen molar-refractivity contribution in [3.8, 4) is 27.7 Å². The molecule has 0 aliphatic rings. The van der Waals surface area contributed by atoms with E-state index in [4.69, 9.17) is 19.0 Å². The normalized spacial score (nSPS) is 11.1. The van der Waals surface area contributed by atoms with Crippen molar-refractivity contribution in [2.45, 2.75) is 6.92 Å². The number of hydrogen-bond donors (Lipinski definition) is 1. The SMILES string of the molecule is COc1cc(NC(=O)CO/N=C(/C)c2ccc(-c3ccc(F)cc3)s2)cc(OC)c1OC. The van der Waals surface area contributed by atoms with E-state index in [1.165, 1.54) is 44.8 Å². The third kappa shape index (κ3) is 5.55. The van der Waals surface area contributed by atoms with Crippen molar-refractivity contribution in [3.05, 3.63) is 59.2 Å². The van der Waals surface area contributed by atoms with Gasteiger partial charge in [0.25, 0.3) is 5.91 Å². The molecule has 9 heteroatoms. The van der Waals surface area contributed by atoms with Gasteiger partial charge in [0, 0.05) is 22.7 Å². The molecule has 7 nitrogen and oxygen atoms in total. The molecule has 3 aromatic rings. The molecule has 0 spiro atoms. The Morgan fingerprint density at radius 2 is 1.66 bits per heavy atom. The van der Waals surface area contributed by atoms with E-state index >= 15 is 0 Å². The number of oxime groups is 1. The molecule has 2 aromatic carbocycles. The summed E-state index contributed by atoms with van der Waals surface area (Å²) in [5.41, 5.74) is 2.01. The van der Waals surface area contributed by atoms with Gasteiger partial charge >= 0.3 is 0 Å². The molecule has 3 rings (SSSR count). The molecule has 0 unspecified atom stereocenters. The van der Waals surface area contributed by atoms with Gasteiger partial charge in [-0.1, -0.05) is 17.3 Å².